The minimum absolute atomic E-state index is 0.289. The maximum absolute atomic E-state index is 12.7. The summed E-state index contributed by atoms with van der Waals surface area (Å²) in [5.41, 5.74) is 1.90. The first kappa shape index (κ1) is 17.5. The Morgan fingerprint density at radius 3 is 2.52 bits per heavy atom. The SMILES string of the molecule is Cc1ccccc1CNCC[C@H](O)c1cccc(C(F)(F)F)c1. The molecule has 0 saturated carbocycles. The van der Waals surface area contributed by atoms with Crippen LogP contribution in [0.1, 0.15) is 34.8 Å². The number of hydrogen-bond acceptors (Lipinski definition) is 2. The van der Waals surface area contributed by atoms with Crippen LogP contribution in [-0.2, 0) is 12.7 Å². The molecule has 0 amide bonds. The Morgan fingerprint density at radius 2 is 1.83 bits per heavy atom. The normalized spacial score (nSPS) is 13.1. The molecule has 0 aliphatic heterocycles. The maximum Gasteiger partial charge on any atom is 0.416 e. The number of hydrogen-bond donors (Lipinski definition) is 2. The highest BCUT2D eigenvalue weighted by Crippen LogP contribution is 2.31. The average molecular weight is 323 g/mol. The number of halogens is 3. The van der Waals surface area contributed by atoms with Gasteiger partial charge in [-0.1, -0.05) is 36.4 Å². The third kappa shape index (κ3) is 5.08. The van der Waals surface area contributed by atoms with Crippen molar-refractivity contribution in [3.63, 3.8) is 0 Å². The van der Waals surface area contributed by atoms with E-state index in [2.05, 4.69) is 5.32 Å². The Bertz CT molecular complexity index is 640. The highest BCUT2D eigenvalue weighted by atomic mass is 19.4. The molecule has 23 heavy (non-hydrogen) atoms. The first-order chi connectivity index (χ1) is 10.9. The third-order valence-corrected chi connectivity index (χ3v) is 3.77. The quantitative estimate of drug-likeness (QED) is 0.780. The van der Waals surface area contributed by atoms with E-state index in [4.69, 9.17) is 0 Å². The highest BCUT2D eigenvalue weighted by Gasteiger charge is 2.30. The van der Waals surface area contributed by atoms with Crippen molar-refractivity contribution in [2.24, 2.45) is 0 Å². The zero-order valence-electron chi connectivity index (χ0n) is 12.9. The van der Waals surface area contributed by atoms with Crippen molar-refractivity contribution in [1.29, 1.82) is 0 Å². The fourth-order valence-electron chi connectivity index (χ4n) is 2.36. The molecule has 2 nitrogen and oxygen atoms in total. The first-order valence-electron chi connectivity index (χ1n) is 7.48. The van der Waals surface area contributed by atoms with Gasteiger partial charge in [-0.25, -0.2) is 0 Å². The van der Waals surface area contributed by atoms with Crippen molar-refractivity contribution >= 4 is 0 Å². The van der Waals surface area contributed by atoms with Gasteiger partial charge < -0.3 is 10.4 Å². The largest absolute Gasteiger partial charge is 0.416 e. The van der Waals surface area contributed by atoms with E-state index in [1.807, 2.05) is 31.2 Å². The molecule has 2 rings (SSSR count). The molecule has 0 unspecified atom stereocenters. The summed E-state index contributed by atoms with van der Waals surface area (Å²) in [6, 6.07) is 12.8. The van der Waals surface area contributed by atoms with Gasteiger partial charge in [0, 0.05) is 6.54 Å². The molecule has 0 aliphatic carbocycles. The summed E-state index contributed by atoms with van der Waals surface area (Å²) in [5, 5.41) is 13.3. The summed E-state index contributed by atoms with van der Waals surface area (Å²) >= 11 is 0. The summed E-state index contributed by atoms with van der Waals surface area (Å²) in [5.74, 6) is 0. The number of aliphatic hydroxyl groups excluding tert-OH is 1. The van der Waals surface area contributed by atoms with Crippen LogP contribution in [0, 0.1) is 6.92 Å². The van der Waals surface area contributed by atoms with Crippen molar-refractivity contribution in [2.45, 2.75) is 32.2 Å². The number of aliphatic hydroxyl groups is 1. The van der Waals surface area contributed by atoms with Gasteiger partial charge >= 0.3 is 6.18 Å². The van der Waals surface area contributed by atoms with Gasteiger partial charge in [0.15, 0.2) is 0 Å². The molecule has 0 aromatic heterocycles. The van der Waals surface area contributed by atoms with Gasteiger partial charge in [-0.05, 0) is 48.7 Å². The molecule has 0 fully saturated rings. The van der Waals surface area contributed by atoms with E-state index >= 15 is 0 Å². The van der Waals surface area contributed by atoms with Crippen LogP contribution in [0.15, 0.2) is 48.5 Å². The van der Waals surface area contributed by atoms with Crippen LogP contribution >= 0.6 is 0 Å². The summed E-state index contributed by atoms with van der Waals surface area (Å²) in [7, 11) is 0. The molecule has 0 radical (unpaired) electrons. The van der Waals surface area contributed by atoms with Crippen molar-refractivity contribution in [1.82, 2.24) is 5.32 Å². The molecule has 0 heterocycles. The van der Waals surface area contributed by atoms with Crippen LogP contribution < -0.4 is 5.32 Å². The van der Waals surface area contributed by atoms with Crippen LogP contribution in [-0.4, -0.2) is 11.7 Å². The van der Waals surface area contributed by atoms with Gasteiger partial charge in [0.25, 0.3) is 0 Å². The van der Waals surface area contributed by atoms with E-state index in [0.717, 1.165) is 12.1 Å². The van der Waals surface area contributed by atoms with Crippen LogP contribution in [0.4, 0.5) is 13.2 Å². The lowest BCUT2D eigenvalue weighted by Crippen LogP contribution is -2.18. The zero-order valence-corrected chi connectivity index (χ0v) is 12.9. The Kier molecular flexibility index (Phi) is 5.80. The summed E-state index contributed by atoms with van der Waals surface area (Å²) < 4.78 is 38.0. The fraction of sp³-hybridized carbons (Fsp3) is 0.333. The van der Waals surface area contributed by atoms with Gasteiger partial charge in [0.2, 0.25) is 0 Å². The average Bonchev–Trinajstić information content (AvgIpc) is 2.52. The molecular weight excluding hydrogens is 303 g/mol. The molecule has 124 valence electrons. The molecule has 1 atom stereocenters. The lowest BCUT2D eigenvalue weighted by molar-refractivity contribution is -0.137. The monoisotopic (exact) mass is 323 g/mol. The lowest BCUT2D eigenvalue weighted by atomic mass is 10.0. The minimum Gasteiger partial charge on any atom is -0.388 e. The second-order valence-corrected chi connectivity index (χ2v) is 5.53. The van der Waals surface area contributed by atoms with Crippen molar-refractivity contribution in [2.75, 3.05) is 6.54 Å². The molecule has 0 spiro atoms. The predicted molar refractivity (Wildman–Crippen MR) is 83.9 cm³/mol. The van der Waals surface area contributed by atoms with Crippen molar-refractivity contribution in [3.05, 3.63) is 70.8 Å². The standard InChI is InChI=1S/C18H20F3NO/c1-13-5-2-3-6-15(13)12-22-10-9-17(23)14-7-4-8-16(11-14)18(19,20)21/h2-8,11,17,22-23H,9-10,12H2,1H3/t17-/m0/s1. The zero-order chi connectivity index (χ0) is 16.9. The number of benzene rings is 2. The summed E-state index contributed by atoms with van der Waals surface area (Å²) in [6.07, 6.45) is -4.95. The second kappa shape index (κ2) is 7.62. The highest BCUT2D eigenvalue weighted by molar-refractivity contribution is 5.27. The van der Waals surface area contributed by atoms with E-state index in [1.165, 1.54) is 23.3 Å². The summed E-state index contributed by atoms with van der Waals surface area (Å²) in [4.78, 5) is 0. The molecule has 2 aromatic carbocycles. The van der Waals surface area contributed by atoms with Crippen molar-refractivity contribution < 1.29 is 18.3 Å². The van der Waals surface area contributed by atoms with Gasteiger partial charge in [0.05, 0.1) is 11.7 Å². The lowest BCUT2D eigenvalue weighted by Gasteiger charge is -2.14. The second-order valence-electron chi connectivity index (χ2n) is 5.53. The Morgan fingerprint density at radius 1 is 1.09 bits per heavy atom. The van der Waals surface area contributed by atoms with Crippen LogP contribution in [0.3, 0.4) is 0 Å². The van der Waals surface area contributed by atoms with E-state index in [1.54, 1.807) is 0 Å². The third-order valence-electron chi connectivity index (χ3n) is 3.77. The Balaban J connectivity index is 1.85. The molecule has 5 heteroatoms. The number of aryl methyl sites for hydroxylation is 1. The minimum atomic E-state index is -4.39. The molecule has 0 bridgehead atoms. The molecular formula is C18H20F3NO. The smallest absolute Gasteiger partial charge is 0.388 e. The van der Waals surface area contributed by atoms with E-state index in [-0.39, 0.29) is 5.56 Å². The molecule has 2 aromatic rings. The van der Waals surface area contributed by atoms with Gasteiger partial charge in [-0.3, -0.25) is 0 Å². The van der Waals surface area contributed by atoms with Gasteiger partial charge in [-0.2, -0.15) is 13.2 Å². The van der Waals surface area contributed by atoms with Crippen LogP contribution in [0.25, 0.3) is 0 Å². The Labute approximate surface area is 134 Å². The number of nitrogens with one attached hydrogen (secondary N) is 1. The number of rotatable bonds is 6. The Hall–Kier alpha value is -1.85. The van der Waals surface area contributed by atoms with Crippen LogP contribution in [0.2, 0.25) is 0 Å². The van der Waals surface area contributed by atoms with Crippen molar-refractivity contribution in [3.8, 4) is 0 Å². The molecule has 2 N–H and O–H groups in total. The summed E-state index contributed by atoms with van der Waals surface area (Å²) in [6.45, 7) is 3.21. The van der Waals surface area contributed by atoms with Gasteiger partial charge in [-0.15, -0.1) is 0 Å². The predicted octanol–water partition coefficient (Wildman–Crippen LogP) is 4.23. The molecule has 0 aliphatic rings. The van der Waals surface area contributed by atoms with Crippen LogP contribution in [0.5, 0.6) is 0 Å². The van der Waals surface area contributed by atoms with E-state index in [9.17, 15) is 18.3 Å². The fourth-order valence-corrected chi connectivity index (χ4v) is 2.36. The molecule has 0 saturated heterocycles. The first-order valence-corrected chi connectivity index (χ1v) is 7.48. The van der Waals surface area contributed by atoms with E-state index < -0.39 is 17.8 Å². The maximum atomic E-state index is 12.7. The topological polar surface area (TPSA) is 32.3 Å². The number of alkyl halides is 3. The van der Waals surface area contributed by atoms with E-state index in [0.29, 0.717) is 19.5 Å². The van der Waals surface area contributed by atoms with Gasteiger partial charge in [0.1, 0.15) is 0 Å².